The Hall–Kier alpha value is -2.54. The highest BCUT2D eigenvalue weighted by Gasteiger charge is 2.43. The van der Waals surface area contributed by atoms with Gasteiger partial charge in [-0.2, -0.15) is 0 Å². The lowest BCUT2D eigenvalue weighted by atomic mass is 9.91. The second-order valence-corrected chi connectivity index (χ2v) is 9.55. The molecule has 1 aromatic carbocycles. The number of carbonyl (C=O) groups excluding carboxylic acids is 2. The predicted octanol–water partition coefficient (Wildman–Crippen LogP) is 4.79. The Morgan fingerprint density at radius 1 is 1.09 bits per heavy atom. The molecule has 4 rings (SSSR count). The fraction of sp³-hybridized carbons (Fsp3) is 0.520. The maximum absolute atomic E-state index is 13.8. The second-order valence-electron chi connectivity index (χ2n) is 8.52. The van der Waals surface area contributed by atoms with Crippen LogP contribution in [0.25, 0.3) is 0 Å². The van der Waals surface area contributed by atoms with E-state index in [1.54, 1.807) is 23.3 Å². The van der Waals surface area contributed by atoms with Crippen LogP contribution in [0.1, 0.15) is 61.9 Å². The molecular formula is C25H32N2O4S. The van der Waals surface area contributed by atoms with Crippen LogP contribution in [0.4, 0.5) is 0 Å². The third-order valence-electron chi connectivity index (χ3n) is 6.34. The molecule has 0 bridgehead atoms. The van der Waals surface area contributed by atoms with Gasteiger partial charge in [-0.05, 0) is 48.4 Å². The topological polar surface area (TPSA) is 59.1 Å². The summed E-state index contributed by atoms with van der Waals surface area (Å²) in [5.74, 6) is 1.25. The Morgan fingerprint density at radius 3 is 2.59 bits per heavy atom. The molecule has 0 radical (unpaired) electrons. The van der Waals surface area contributed by atoms with Crippen molar-refractivity contribution >= 4 is 23.2 Å². The summed E-state index contributed by atoms with van der Waals surface area (Å²) < 4.78 is 11.4. The SMILES string of the molecule is CCCOc1ccc([C@H]2C(=O)N(C3CCCCC3)CC(=O)N2Cc2cccs2)cc1OC. The van der Waals surface area contributed by atoms with Crippen molar-refractivity contribution in [3.8, 4) is 11.5 Å². The molecule has 2 aliphatic rings. The van der Waals surface area contributed by atoms with E-state index < -0.39 is 6.04 Å². The highest BCUT2D eigenvalue weighted by molar-refractivity contribution is 7.09. The Balaban J connectivity index is 1.68. The summed E-state index contributed by atoms with van der Waals surface area (Å²) in [4.78, 5) is 31.8. The quantitative estimate of drug-likeness (QED) is 0.573. The first-order valence-electron chi connectivity index (χ1n) is 11.6. The third kappa shape index (κ3) is 4.77. The van der Waals surface area contributed by atoms with Crippen LogP contribution >= 0.6 is 11.3 Å². The predicted molar refractivity (Wildman–Crippen MR) is 125 cm³/mol. The molecule has 0 spiro atoms. The van der Waals surface area contributed by atoms with Gasteiger partial charge in [-0.15, -0.1) is 11.3 Å². The minimum atomic E-state index is -0.658. The number of methoxy groups -OCH3 is 1. The Kier molecular flexibility index (Phi) is 7.35. The zero-order chi connectivity index (χ0) is 22.5. The van der Waals surface area contributed by atoms with Gasteiger partial charge >= 0.3 is 0 Å². The molecular weight excluding hydrogens is 424 g/mol. The van der Waals surface area contributed by atoms with E-state index in [1.165, 1.54) is 6.42 Å². The van der Waals surface area contributed by atoms with E-state index in [0.717, 1.165) is 42.5 Å². The fourth-order valence-corrected chi connectivity index (χ4v) is 5.41. The molecule has 1 aliphatic heterocycles. The summed E-state index contributed by atoms with van der Waals surface area (Å²) in [6, 6.07) is 9.08. The lowest BCUT2D eigenvalue weighted by molar-refractivity contribution is -0.159. The maximum atomic E-state index is 13.8. The Morgan fingerprint density at radius 2 is 1.91 bits per heavy atom. The van der Waals surface area contributed by atoms with E-state index in [2.05, 4.69) is 6.92 Å². The summed E-state index contributed by atoms with van der Waals surface area (Å²) in [6.45, 7) is 3.24. The number of hydrogen-bond donors (Lipinski definition) is 0. The van der Waals surface area contributed by atoms with Gasteiger partial charge in [0.15, 0.2) is 11.5 Å². The molecule has 32 heavy (non-hydrogen) atoms. The van der Waals surface area contributed by atoms with Gasteiger partial charge in [0.25, 0.3) is 5.91 Å². The molecule has 0 unspecified atom stereocenters. The van der Waals surface area contributed by atoms with E-state index in [9.17, 15) is 9.59 Å². The van der Waals surface area contributed by atoms with Gasteiger partial charge in [-0.1, -0.05) is 38.3 Å². The smallest absolute Gasteiger partial charge is 0.250 e. The van der Waals surface area contributed by atoms with E-state index in [0.29, 0.717) is 24.7 Å². The van der Waals surface area contributed by atoms with E-state index in [4.69, 9.17) is 9.47 Å². The number of piperazine rings is 1. The van der Waals surface area contributed by atoms with Crippen molar-refractivity contribution in [1.82, 2.24) is 9.80 Å². The van der Waals surface area contributed by atoms with Crippen molar-refractivity contribution < 1.29 is 19.1 Å². The zero-order valence-electron chi connectivity index (χ0n) is 18.9. The molecule has 2 fully saturated rings. The van der Waals surface area contributed by atoms with Crippen LogP contribution in [0.2, 0.25) is 0 Å². The summed E-state index contributed by atoms with van der Waals surface area (Å²) in [5, 5.41) is 2.00. The van der Waals surface area contributed by atoms with Crippen molar-refractivity contribution in [2.75, 3.05) is 20.3 Å². The van der Waals surface area contributed by atoms with Crippen LogP contribution in [-0.2, 0) is 16.1 Å². The van der Waals surface area contributed by atoms with Crippen molar-refractivity contribution in [3.63, 3.8) is 0 Å². The molecule has 7 heteroatoms. The number of carbonyl (C=O) groups is 2. The van der Waals surface area contributed by atoms with Crippen LogP contribution < -0.4 is 9.47 Å². The fourth-order valence-electron chi connectivity index (χ4n) is 4.71. The molecule has 1 aromatic heterocycles. The highest BCUT2D eigenvalue weighted by Crippen LogP contribution is 2.37. The van der Waals surface area contributed by atoms with Crippen molar-refractivity contribution in [3.05, 3.63) is 46.2 Å². The minimum absolute atomic E-state index is 0.00106. The number of hydrogen-bond acceptors (Lipinski definition) is 5. The van der Waals surface area contributed by atoms with Gasteiger partial charge in [0.05, 0.1) is 20.3 Å². The van der Waals surface area contributed by atoms with Crippen LogP contribution in [0, 0.1) is 0 Å². The molecule has 1 saturated heterocycles. The summed E-state index contributed by atoms with van der Waals surface area (Å²) >= 11 is 1.60. The first-order valence-corrected chi connectivity index (χ1v) is 12.4. The van der Waals surface area contributed by atoms with Gasteiger partial charge < -0.3 is 19.3 Å². The molecule has 1 aliphatic carbocycles. The number of amides is 2. The average Bonchev–Trinajstić information content (AvgIpc) is 3.34. The number of benzene rings is 1. The van der Waals surface area contributed by atoms with Crippen molar-refractivity contribution in [2.45, 2.75) is 64.1 Å². The number of thiophene rings is 1. The van der Waals surface area contributed by atoms with Crippen molar-refractivity contribution in [2.24, 2.45) is 0 Å². The number of rotatable bonds is 8. The maximum Gasteiger partial charge on any atom is 0.250 e. The Labute approximate surface area is 194 Å². The standard InChI is InChI=1S/C25H32N2O4S/c1-3-13-31-21-12-11-18(15-22(21)30-2)24-25(29)26(19-8-5-4-6-9-19)17-23(28)27(24)16-20-10-7-14-32-20/h7,10-12,14-15,19,24H,3-6,8-9,13,16-17H2,1-2H3/t24-/m0/s1. The summed E-state index contributed by atoms with van der Waals surface area (Å²) in [6.07, 6.45) is 6.28. The van der Waals surface area contributed by atoms with Gasteiger partial charge in [0.1, 0.15) is 12.6 Å². The first-order chi connectivity index (χ1) is 15.6. The van der Waals surface area contributed by atoms with E-state index in [-0.39, 0.29) is 24.4 Å². The zero-order valence-corrected chi connectivity index (χ0v) is 19.7. The van der Waals surface area contributed by atoms with Gasteiger partial charge in [-0.25, -0.2) is 0 Å². The third-order valence-corrected chi connectivity index (χ3v) is 7.20. The minimum Gasteiger partial charge on any atom is -0.493 e. The van der Waals surface area contributed by atoms with Crippen LogP contribution in [0.5, 0.6) is 11.5 Å². The molecule has 2 amide bonds. The van der Waals surface area contributed by atoms with Gasteiger partial charge in [0.2, 0.25) is 5.91 Å². The lowest BCUT2D eigenvalue weighted by Crippen LogP contribution is -2.58. The molecule has 2 aromatic rings. The molecule has 6 nitrogen and oxygen atoms in total. The Bertz CT molecular complexity index is 924. The van der Waals surface area contributed by atoms with E-state index in [1.807, 2.05) is 40.6 Å². The highest BCUT2D eigenvalue weighted by atomic mass is 32.1. The molecule has 2 heterocycles. The molecule has 1 atom stereocenters. The monoisotopic (exact) mass is 456 g/mol. The molecule has 0 N–H and O–H groups in total. The summed E-state index contributed by atoms with van der Waals surface area (Å²) in [5.41, 5.74) is 0.765. The molecule has 1 saturated carbocycles. The van der Waals surface area contributed by atoms with Crippen LogP contribution in [0.3, 0.4) is 0 Å². The largest absolute Gasteiger partial charge is 0.493 e. The van der Waals surface area contributed by atoms with Crippen LogP contribution in [-0.4, -0.2) is 47.9 Å². The van der Waals surface area contributed by atoms with Crippen molar-refractivity contribution in [1.29, 1.82) is 0 Å². The second kappa shape index (κ2) is 10.4. The summed E-state index contributed by atoms with van der Waals surface area (Å²) in [7, 11) is 1.60. The van der Waals surface area contributed by atoms with Crippen LogP contribution in [0.15, 0.2) is 35.7 Å². The van der Waals surface area contributed by atoms with Gasteiger partial charge in [-0.3, -0.25) is 9.59 Å². The number of nitrogens with zero attached hydrogens (tertiary/aromatic N) is 2. The van der Waals surface area contributed by atoms with E-state index >= 15 is 0 Å². The normalized spacial score (nSPS) is 20.0. The first kappa shape index (κ1) is 22.6. The van der Waals surface area contributed by atoms with Gasteiger partial charge in [0, 0.05) is 10.9 Å². The number of ether oxygens (including phenoxy) is 2. The lowest BCUT2D eigenvalue weighted by Gasteiger charge is -2.44. The molecule has 172 valence electrons. The average molecular weight is 457 g/mol.